The van der Waals surface area contributed by atoms with Crippen LogP contribution in [0.3, 0.4) is 0 Å². The van der Waals surface area contributed by atoms with Crippen LogP contribution in [0.5, 0.6) is 0 Å². The molecule has 0 heterocycles. The van der Waals surface area contributed by atoms with Crippen molar-refractivity contribution in [3.63, 3.8) is 0 Å². The lowest BCUT2D eigenvalue weighted by Gasteiger charge is -2.11. The van der Waals surface area contributed by atoms with Gasteiger partial charge in [-0.15, -0.1) is 0 Å². The lowest BCUT2D eigenvalue weighted by Crippen LogP contribution is -2.29. The molecule has 1 aromatic carbocycles. The van der Waals surface area contributed by atoms with Crippen LogP contribution in [-0.2, 0) is 9.53 Å². The van der Waals surface area contributed by atoms with Crippen molar-refractivity contribution >= 4 is 40.6 Å². The van der Waals surface area contributed by atoms with Crippen molar-refractivity contribution in [3.05, 3.63) is 32.9 Å². The number of ketones is 1. The van der Waals surface area contributed by atoms with E-state index in [4.69, 9.17) is 9.84 Å². The largest absolute Gasteiger partial charge is 0.465 e. The van der Waals surface area contributed by atoms with E-state index in [-0.39, 0.29) is 19.8 Å². The maximum atomic E-state index is 13.8. The molecular weight excluding hydrogens is 411 g/mol. The molecule has 5 nitrogen and oxygen atoms in total. The van der Waals surface area contributed by atoms with Crippen molar-refractivity contribution in [1.29, 1.82) is 0 Å². The first kappa shape index (κ1) is 18.6. The Labute approximate surface area is 139 Å². The quantitative estimate of drug-likeness (QED) is 0.181. The topological polar surface area (TPSA) is 76.0 Å². The number of aliphatic imine (C=N–C) groups is 1. The van der Waals surface area contributed by atoms with Crippen LogP contribution in [0.25, 0.3) is 0 Å². The summed E-state index contributed by atoms with van der Waals surface area (Å²) in [7, 11) is 0. The predicted octanol–water partition coefficient (Wildman–Crippen LogP) is 1.99. The van der Waals surface area contributed by atoms with E-state index in [1.807, 2.05) is 0 Å². The molecule has 0 radical (unpaired) electrons. The number of aliphatic hydroxyl groups is 1. The summed E-state index contributed by atoms with van der Waals surface area (Å²) < 4.78 is 32.3. The average molecular weight is 425 g/mol. The van der Waals surface area contributed by atoms with Crippen molar-refractivity contribution in [2.24, 2.45) is 10.9 Å². The van der Waals surface area contributed by atoms with Crippen molar-refractivity contribution in [1.82, 2.24) is 0 Å². The van der Waals surface area contributed by atoms with Gasteiger partial charge in [-0.25, -0.2) is 8.78 Å². The van der Waals surface area contributed by atoms with Crippen LogP contribution < -0.4 is 0 Å². The SMILES string of the molecule is CCOC(=O)C(C=NCCO)C(=O)c1cc(I)cc(F)c1F. The minimum absolute atomic E-state index is 0.0215. The van der Waals surface area contributed by atoms with Crippen LogP contribution in [0.15, 0.2) is 17.1 Å². The van der Waals surface area contributed by atoms with Crippen molar-refractivity contribution in [2.45, 2.75) is 6.92 Å². The summed E-state index contributed by atoms with van der Waals surface area (Å²) in [6, 6.07) is 2.08. The van der Waals surface area contributed by atoms with Gasteiger partial charge >= 0.3 is 5.97 Å². The van der Waals surface area contributed by atoms with Gasteiger partial charge in [-0.3, -0.25) is 14.6 Å². The third-order valence-corrected chi connectivity index (χ3v) is 3.19. The molecule has 8 heteroatoms. The van der Waals surface area contributed by atoms with Gasteiger partial charge in [0.1, 0.15) is 0 Å². The number of hydrogen-bond acceptors (Lipinski definition) is 5. The Bertz CT molecular complexity index is 592. The van der Waals surface area contributed by atoms with Gasteiger partial charge in [0, 0.05) is 9.78 Å². The molecule has 1 rings (SSSR count). The minimum atomic E-state index is -1.49. The van der Waals surface area contributed by atoms with E-state index in [9.17, 15) is 18.4 Å². The Hall–Kier alpha value is -1.42. The molecule has 0 aliphatic rings. The molecule has 120 valence electrons. The molecule has 22 heavy (non-hydrogen) atoms. The van der Waals surface area contributed by atoms with Gasteiger partial charge in [-0.05, 0) is 41.6 Å². The molecule has 0 aromatic heterocycles. The van der Waals surface area contributed by atoms with Crippen LogP contribution in [0, 0.1) is 21.1 Å². The zero-order chi connectivity index (χ0) is 16.7. The number of Topliss-reactive ketones (excluding diaryl/α,β-unsaturated/α-hetero) is 1. The van der Waals surface area contributed by atoms with E-state index in [0.717, 1.165) is 18.3 Å². The Kier molecular flexibility index (Phi) is 7.52. The highest BCUT2D eigenvalue weighted by Crippen LogP contribution is 2.20. The average Bonchev–Trinajstić information content (AvgIpc) is 2.47. The summed E-state index contributed by atoms with van der Waals surface area (Å²) in [5, 5.41) is 8.67. The smallest absolute Gasteiger partial charge is 0.322 e. The molecule has 1 N–H and O–H groups in total. The molecule has 0 aliphatic heterocycles. The van der Waals surface area contributed by atoms with E-state index in [1.54, 1.807) is 29.5 Å². The second kappa shape index (κ2) is 8.89. The fourth-order valence-electron chi connectivity index (χ4n) is 1.61. The first-order chi connectivity index (χ1) is 10.4. The van der Waals surface area contributed by atoms with Gasteiger partial charge in [0.25, 0.3) is 0 Å². The number of carbonyl (C=O) groups is 2. The van der Waals surface area contributed by atoms with Crippen molar-refractivity contribution < 1.29 is 28.2 Å². The van der Waals surface area contributed by atoms with Crippen LogP contribution in [0.4, 0.5) is 8.78 Å². The number of benzene rings is 1. The third kappa shape index (κ3) is 4.80. The van der Waals surface area contributed by atoms with E-state index >= 15 is 0 Å². The van der Waals surface area contributed by atoms with Gasteiger partial charge in [0.05, 0.1) is 25.3 Å². The molecule has 0 spiro atoms. The first-order valence-corrected chi connectivity index (χ1v) is 7.46. The second-order valence-electron chi connectivity index (χ2n) is 4.12. The van der Waals surface area contributed by atoms with Gasteiger partial charge in [0.15, 0.2) is 23.3 Å². The van der Waals surface area contributed by atoms with Gasteiger partial charge < -0.3 is 9.84 Å². The predicted molar refractivity (Wildman–Crippen MR) is 84.0 cm³/mol. The van der Waals surface area contributed by atoms with Crippen LogP contribution in [0.1, 0.15) is 17.3 Å². The summed E-state index contributed by atoms with van der Waals surface area (Å²) in [6.07, 6.45) is 0.980. The molecule has 1 aromatic rings. The zero-order valence-corrected chi connectivity index (χ0v) is 13.8. The van der Waals surface area contributed by atoms with Gasteiger partial charge in [-0.1, -0.05) is 0 Å². The highest BCUT2D eigenvalue weighted by molar-refractivity contribution is 14.1. The maximum absolute atomic E-state index is 13.8. The molecule has 0 bridgehead atoms. The Morgan fingerprint density at radius 3 is 2.73 bits per heavy atom. The molecule has 0 saturated heterocycles. The Morgan fingerprint density at radius 1 is 1.45 bits per heavy atom. The summed E-state index contributed by atoms with van der Waals surface area (Å²) >= 11 is 1.73. The fourth-order valence-corrected chi connectivity index (χ4v) is 2.19. The molecule has 0 amide bonds. The number of nitrogens with zero attached hydrogens (tertiary/aromatic N) is 1. The minimum Gasteiger partial charge on any atom is -0.465 e. The first-order valence-electron chi connectivity index (χ1n) is 6.38. The number of esters is 1. The number of aliphatic hydroxyl groups excluding tert-OH is 1. The Balaban J connectivity index is 3.18. The summed E-state index contributed by atoms with van der Waals surface area (Å²) in [6.45, 7) is 1.29. The summed E-state index contributed by atoms with van der Waals surface area (Å²) in [5.74, 6) is -5.85. The Morgan fingerprint density at radius 2 is 2.14 bits per heavy atom. The number of carbonyl (C=O) groups excluding carboxylic acids is 2. The number of hydrogen-bond donors (Lipinski definition) is 1. The number of ether oxygens (including phenoxy) is 1. The molecule has 1 atom stereocenters. The van der Waals surface area contributed by atoms with Crippen molar-refractivity contribution in [3.8, 4) is 0 Å². The maximum Gasteiger partial charge on any atom is 0.322 e. The van der Waals surface area contributed by atoms with Gasteiger partial charge in [0.2, 0.25) is 0 Å². The lowest BCUT2D eigenvalue weighted by molar-refractivity contribution is -0.143. The second-order valence-corrected chi connectivity index (χ2v) is 5.37. The monoisotopic (exact) mass is 425 g/mol. The summed E-state index contributed by atoms with van der Waals surface area (Å²) in [5.41, 5.74) is -0.544. The highest BCUT2D eigenvalue weighted by Gasteiger charge is 2.30. The molecule has 1 unspecified atom stereocenters. The molecule has 0 fully saturated rings. The van der Waals surface area contributed by atoms with E-state index in [1.165, 1.54) is 0 Å². The van der Waals surface area contributed by atoms with Crippen LogP contribution in [0.2, 0.25) is 0 Å². The van der Waals surface area contributed by atoms with Crippen LogP contribution in [-0.4, -0.2) is 42.8 Å². The normalized spacial score (nSPS) is 12.4. The van der Waals surface area contributed by atoms with Crippen molar-refractivity contribution in [2.75, 3.05) is 19.8 Å². The lowest BCUT2D eigenvalue weighted by atomic mass is 9.98. The fraction of sp³-hybridized carbons (Fsp3) is 0.357. The number of rotatable bonds is 7. The molecule has 0 saturated carbocycles. The third-order valence-electron chi connectivity index (χ3n) is 2.57. The zero-order valence-electron chi connectivity index (χ0n) is 11.7. The number of halogens is 3. The van der Waals surface area contributed by atoms with E-state index < -0.39 is 34.9 Å². The highest BCUT2D eigenvalue weighted by atomic mass is 127. The summed E-state index contributed by atoms with van der Waals surface area (Å²) in [4.78, 5) is 27.8. The van der Waals surface area contributed by atoms with E-state index in [0.29, 0.717) is 3.57 Å². The van der Waals surface area contributed by atoms with Crippen LogP contribution >= 0.6 is 22.6 Å². The van der Waals surface area contributed by atoms with Gasteiger partial charge in [-0.2, -0.15) is 0 Å². The van der Waals surface area contributed by atoms with E-state index in [2.05, 4.69) is 4.99 Å². The molecule has 0 aliphatic carbocycles. The molecular formula is C14H14F2INO4. The standard InChI is InChI=1S/C14H14F2INO4/c1-2-22-14(21)10(7-18-3-4-19)13(20)9-5-8(17)6-11(15)12(9)16/h5-7,10,19H,2-4H2,1H3.